The summed E-state index contributed by atoms with van der Waals surface area (Å²) in [5.74, 6) is 5.60. The molecule has 0 bridgehead atoms. The van der Waals surface area contributed by atoms with Crippen LogP contribution in [-0.2, 0) is 0 Å². The van der Waals surface area contributed by atoms with Crippen LogP contribution in [0.15, 0.2) is 24.3 Å². The van der Waals surface area contributed by atoms with Crippen LogP contribution in [0.4, 0.5) is 0 Å². The summed E-state index contributed by atoms with van der Waals surface area (Å²) in [5, 5.41) is 18.7. The van der Waals surface area contributed by atoms with Gasteiger partial charge < -0.3 is 15.1 Å². The van der Waals surface area contributed by atoms with Crippen molar-refractivity contribution in [3.63, 3.8) is 0 Å². The summed E-state index contributed by atoms with van der Waals surface area (Å²) in [5.41, 5.74) is 0.225. The number of nitrogens with zero attached hydrogens (tertiary/aromatic N) is 1. The van der Waals surface area contributed by atoms with Crippen molar-refractivity contribution in [2.75, 3.05) is 19.7 Å². The second-order valence-electron chi connectivity index (χ2n) is 5.45. The molecule has 0 aliphatic carbocycles. The molecule has 0 unspecified atom stereocenters. The van der Waals surface area contributed by atoms with Crippen molar-refractivity contribution in [3.8, 4) is 11.8 Å². The first-order chi connectivity index (χ1) is 9.89. The number of likely N-dealkylation sites (N-methyl/N-ethyl adjacent to an activating group) is 1. The van der Waals surface area contributed by atoms with Crippen LogP contribution in [-0.4, -0.2) is 46.3 Å². The van der Waals surface area contributed by atoms with Gasteiger partial charge in [0.05, 0.1) is 17.8 Å². The number of carbonyl (C=O) groups excluding carboxylic acids is 1. The second-order valence-corrected chi connectivity index (χ2v) is 5.45. The fraction of sp³-hybridized carbons (Fsp3) is 0.471. The van der Waals surface area contributed by atoms with Gasteiger partial charge in [-0.15, -0.1) is 0 Å². The topological polar surface area (TPSA) is 60.8 Å². The molecular weight excluding hydrogens is 266 g/mol. The first-order valence-corrected chi connectivity index (χ1v) is 7.09. The Kier molecular flexibility index (Phi) is 6.41. The maximum absolute atomic E-state index is 12.6. The molecule has 4 heteroatoms. The summed E-state index contributed by atoms with van der Waals surface area (Å²) < 4.78 is 0. The van der Waals surface area contributed by atoms with E-state index in [2.05, 4.69) is 11.8 Å². The highest BCUT2D eigenvalue weighted by molar-refractivity contribution is 5.96. The summed E-state index contributed by atoms with van der Waals surface area (Å²) in [7, 11) is 0. The third kappa shape index (κ3) is 5.58. The summed E-state index contributed by atoms with van der Waals surface area (Å²) in [4.78, 5) is 14.2. The molecule has 0 aliphatic heterocycles. The Morgan fingerprint density at radius 2 is 2.00 bits per heavy atom. The standard InChI is InChI=1S/C17H23NO3/c1-4-18(13-17(2,3)21)16(20)15-11-6-5-9-14(15)10-7-8-12-19/h5-6,9,11,19,21H,4,8,12-13H2,1-3H3. The number of carbonyl (C=O) groups is 1. The molecule has 1 amide bonds. The van der Waals surface area contributed by atoms with Crippen LogP contribution in [0.2, 0.25) is 0 Å². The lowest BCUT2D eigenvalue weighted by Gasteiger charge is -2.28. The van der Waals surface area contributed by atoms with Crippen molar-refractivity contribution in [1.29, 1.82) is 0 Å². The van der Waals surface area contributed by atoms with Crippen molar-refractivity contribution in [1.82, 2.24) is 4.90 Å². The van der Waals surface area contributed by atoms with Gasteiger partial charge in [0.2, 0.25) is 0 Å². The number of rotatable bonds is 5. The van der Waals surface area contributed by atoms with Gasteiger partial charge in [-0.3, -0.25) is 4.79 Å². The van der Waals surface area contributed by atoms with Crippen molar-refractivity contribution >= 4 is 5.91 Å². The van der Waals surface area contributed by atoms with Crippen LogP contribution in [0.25, 0.3) is 0 Å². The quantitative estimate of drug-likeness (QED) is 0.810. The SMILES string of the molecule is CCN(CC(C)(C)O)C(=O)c1ccccc1C#CCCO. The maximum Gasteiger partial charge on any atom is 0.255 e. The lowest BCUT2D eigenvalue weighted by atomic mass is 10.0. The third-order valence-electron chi connectivity index (χ3n) is 2.86. The minimum atomic E-state index is -0.941. The van der Waals surface area contributed by atoms with E-state index in [9.17, 15) is 9.90 Å². The van der Waals surface area contributed by atoms with Crippen LogP contribution in [0.3, 0.4) is 0 Å². The Morgan fingerprint density at radius 3 is 2.57 bits per heavy atom. The lowest BCUT2D eigenvalue weighted by Crippen LogP contribution is -2.42. The normalized spacial score (nSPS) is 10.7. The van der Waals surface area contributed by atoms with Crippen molar-refractivity contribution in [2.45, 2.75) is 32.8 Å². The van der Waals surface area contributed by atoms with Crippen LogP contribution in [0.1, 0.15) is 43.1 Å². The van der Waals surface area contributed by atoms with Crippen LogP contribution >= 0.6 is 0 Å². The summed E-state index contributed by atoms with van der Waals surface area (Å²) >= 11 is 0. The van der Waals surface area contributed by atoms with Gasteiger partial charge in [-0.2, -0.15) is 0 Å². The predicted octanol–water partition coefficient (Wildman–Crippen LogP) is 1.65. The number of aliphatic hydroxyl groups is 2. The summed E-state index contributed by atoms with van der Waals surface area (Å²) in [6, 6.07) is 7.14. The maximum atomic E-state index is 12.6. The number of hydrogen-bond acceptors (Lipinski definition) is 3. The van der Waals surface area contributed by atoms with Crippen LogP contribution in [0, 0.1) is 11.8 Å². The van der Waals surface area contributed by atoms with Gasteiger partial charge in [-0.05, 0) is 32.9 Å². The van der Waals surface area contributed by atoms with E-state index < -0.39 is 5.60 Å². The molecule has 0 radical (unpaired) electrons. The second kappa shape index (κ2) is 7.82. The van der Waals surface area contributed by atoms with E-state index in [1.54, 1.807) is 36.9 Å². The Hall–Kier alpha value is -1.83. The summed E-state index contributed by atoms with van der Waals surface area (Å²) in [6.07, 6.45) is 0.379. The third-order valence-corrected chi connectivity index (χ3v) is 2.86. The molecule has 1 aromatic carbocycles. The van der Waals surface area contributed by atoms with E-state index in [0.717, 1.165) is 0 Å². The van der Waals surface area contributed by atoms with E-state index in [-0.39, 0.29) is 19.1 Å². The zero-order chi connectivity index (χ0) is 15.9. The first kappa shape index (κ1) is 17.2. The molecule has 2 N–H and O–H groups in total. The van der Waals surface area contributed by atoms with Gasteiger partial charge in [0, 0.05) is 25.1 Å². The smallest absolute Gasteiger partial charge is 0.255 e. The zero-order valence-electron chi connectivity index (χ0n) is 12.9. The van der Waals surface area contributed by atoms with Gasteiger partial charge >= 0.3 is 0 Å². The van der Waals surface area contributed by atoms with E-state index in [1.165, 1.54) is 0 Å². The van der Waals surface area contributed by atoms with Crippen molar-refractivity contribution < 1.29 is 15.0 Å². The molecule has 0 fully saturated rings. The fourth-order valence-corrected chi connectivity index (χ4v) is 1.96. The molecule has 0 heterocycles. The van der Waals surface area contributed by atoms with Gasteiger partial charge in [0.1, 0.15) is 0 Å². The van der Waals surface area contributed by atoms with Gasteiger partial charge in [0.15, 0.2) is 0 Å². The number of amides is 1. The minimum absolute atomic E-state index is 0.00288. The number of aliphatic hydroxyl groups excluding tert-OH is 1. The molecule has 0 aromatic heterocycles. The zero-order valence-corrected chi connectivity index (χ0v) is 12.9. The van der Waals surface area contributed by atoms with E-state index in [4.69, 9.17) is 5.11 Å². The van der Waals surface area contributed by atoms with Crippen LogP contribution < -0.4 is 0 Å². The van der Waals surface area contributed by atoms with Gasteiger partial charge in [-0.25, -0.2) is 0 Å². The summed E-state index contributed by atoms with van der Waals surface area (Å²) in [6.45, 7) is 6.01. The van der Waals surface area contributed by atoms with Crippen LogP contribution in [0.5, 0.6) is 0 Å². The Morgan fingerprint density at radius 1 is 1.33 bits per heavy atom. The molecule has 0 spiro atoms. The molecule has 114 valence electrons. The predicted molar refractivity (Wildman–Crippen MR) is 82.9 cm³/mol. The monoisotopic (exact) mass is 289 g/mol. The lowest BCUT2D eigenvalue weighted by molar-refractivity contribution is 0.0314. The van der Waals surface area contributed by atoms with Gasteiger partial charge in [-0.1, -0.05) is 24.0 Å². The highest BCUT2D eigenvalue weighted by Gasteiger charge is 2.23. The van der Waals surface area contributed by atoms with Gasteiger partial charge in [0.25, 0.3) is 5.91 Å². The Balaban J connectivity index is 3.04. The Labute approximate surface area is 126 Å². The molecule has 0 atom stereocenters. The molecule has 1 rings (SSSR count). The largest absolute Gasteiger partial charge is 0.395 e. The molecule has 1 aromatic rings. The Bertz CT molecular complexity index is 535. The number of benzene rings is 1. The molecule has 0 saturated carbocycles. The average Bonchev–Trinajstić information content (AvgIpc) is 2.44. The molecule has 4 nitrogen and oxygen atoms in total. The first-order valence-electron chi connectivity index (χ1n) is 7.09. The molecule has 21 heavy (non-hydrogen) atoms. The minimum Gasteiger partial charge on any atom is -0.395 e. The number of hydrogen-bond donors (Lipinski definition) is 2. The average molecular weight is 289 g/mol. The highest BCUT2D eigenvalue weighted by Crippen LogP contribution is 2.13. The van der Waals surface area contributed by atoms with Crippen molar-refractivity contribution in [2.24, 2.45) is 0 Å². The van der Waals surface area contributed by atoms with E-state index in [1.807, 2.05) is 13.0 Å². The highest BCUT2D eigenvalue weighted by atomic mass is 16.3. The molecule has 0 saturated heterocycles. The van der Waals surface area contributed by atoms with E-state index >= 15 is 0 Å². The molecule has 0 aliphatic rings. The van der Waals surface area contributed by atoms with Crippen molar-refractivity contribution in [3.05, 3.63) is 35.4 Å². The fourth-order valence-electron chi connectivity index (χ4n) is 1.96. The molecular formula is C17H23NO3. The van der Waals surface area contributed by atoms with E-state index in [0.29, 0.717) is 24.1 Å².